The summed E-state index contributed by atoms with van der Waals surface area (Å²) < 4.78 is 34.6. The van der Waals surface area contributed by atoms with Crippen LogP contribution in [-0.4, -0.2) is 49.8 Å². The summed E-state index contributed by atoms with van der Waals surface area (Å²) in [5.74, 6) is 0.759. The van der Waals surface area contributed by atoms with Crippen LogP contribution in [-0.2, 0) is 16.6 Å². The second kappa shape index (κ2) is 8.79. The van der Waals surface area contributed by atoms with Gasteiger partial charge in [0.15, 0.2) is 5.65 Å². The molecule has 34 heavy (non-hydrogen) atoms. The lowest BCUT2D eigenvalue weighted by Gasteiger charge is -2.20. The molecule has 0 bridgehead atoms. The average molecular weight is 486 g/mol. The van der Waals surface area contributed by atoms with Crippen LogP contribution in [0.4, 0.5) is 10.7 Å². The van der Waals surface area contributed by atoms with Gasteiger partial charge < -0.3 is 9.73 Å². The Labute approximate surface area is 195 Å². The molecule has 0 aromatic carbocycles. The Morgan fingerprint density at radius 2 is 1.94 bits per heavy atom. The van der Waals surface area contributed by atoms with E-state index >= 15 is 0 Å². The number of nitrogens with one attached hydrogen (secondary N) is 3. The largest absolute Gasteiger partial charge is 0.424 e. The number of sulfonamides is 1. The van der Waals surface area contributed by atoms with Gasteiger partial charge in [-0.15, -0.1) is 15.3 Å². The second-order valence-corrected chi connectivity index (χ2v) is 10.1. The quantitative estimate of drug-likeness (QED) is 0.369. The van der Waals surface area contributed by atoms with E-state index in [0.29, 0.717) is 22.7 Å². The fraction of sp³-hybridized carbons (Fsp3) is 0.300. The molecule has 4 aromatic heterocycles. The van der Waals surface area contributed by atoms with Crippen LogP contribution in [0.2, 0.25) is 0 Å². The molecule has 0 atom stereocenters. The Hall–Kier alpha value is -3.91. The van der Waals surface area contributed by atoms with Crippen molar-refractivity contribution >= 4 is 27.6 Å². The molecule has 0 aliphatic rings. The second-order valence-electron chi connectivity index (χ2n) is 8.44. The van der Waals surface area contributed by atoms with Gasteiger partial charge in [-0.25, -0.2) is 22.4 Å². The first kappa shape index (κ1) is 23.3. The Balaban J connectivity index is 1.50. The van der Waals surface area contributed by atoms with Crippen molar-refractivity contribution in [3.63, 3.8) is 0 Å². The molecule has 14 heteroatoms. The van der Waals surface area contributed by atoms with Crippen LogP contribution in [0, 0.1) is 6.92 Å². The summed E-state index contributed by atoms with van der Waals surface area (Å²) in [4.78, 5) is 20.5. The number of rotatable bonds is 6. The van der Waals surface area contributed by atoms with Gasteiger partial charge in [-0.05, 0) is 44.5 Å². The van der Waals surface area contributed by atoms with E-state index in [1.807, 2.05) is 0 Å². The number of carbonyl (C=O) groups is 1. The molecule has 4 aromatic rings. The van der Waals surface area contributed by atoms with Gasteiger partial charge in [0, 0.05) is 36.6 Å². The van der Waals surface area contributed by atoms with Gasteiger partial charge in [-0.2, -0.15) is 4.98 Å². The van der Waals surface area contributed by atoms with Crippen molar-refractivity contribution in [2.45, 2.75) is 44.7 Å². The van der Waals surface area contributed by atoms with Crippen LogP contribution >= 0.6 is 0 Å². The van der Waals surface area contributed by atoms with E-state index in [-0.39, 0.29) is 23.3 Å². The number of aromatic nitrogens is 6. The highest BCUT2D eigenvalue weighted by Gasteiger charge is 2.22. The molecule has 0 aliphatic carbocycles. The van der Waals surface area contributed by atoms with Crippen molar-refractivity contribution in [3.8, 4) is 11.1 Å². The van der Waals surface area contributed by atoms with E-state index in [0.717, 1.165) is 0 Å². The summed E-state index contributed by atoms with van der Waals surface area (Å²) in [6.45, 7) is 7.00. The summed E-state index contributed by atoms with van der Waals surface area (Å²) in [6.07, 6.45) is 4.50. The van der Waals surface area contributed by atoms with E-state index in [1.54, 1.807) is 52.2 Å². The van der Waals surface area contributed by atoms with Crippen molar-refractivity contribution in [1.82, 2.24) is 39.8 Å². The van der Waals surface area contributed by atoms with Crippen molar-refractivity contribution in [3.05, 3.63) is 48.6 Å². The molecular weight excluding hydrogens is 462 g/mol. The Kier molecular flexibility index (Phi) is 6.01. The van der Waals surface area contributed by atoms with Crippen LogP contribution in [0.25, 0.3) is 16.8 Å². The fourth-order valence-electron chi connectivity index (χ4n) is 3.01. The van der Waals surface area contributed by atoms with Crippen LogP contribution in [0.1, 0.15) is 32.6 Å². The van der Waals surface area contributed by atoms with Crippen LogP contribution < -0.4 is 15.4 Å². The van der Waals surface area contributed by atoms with E-state index in [2.05, 4.69) is 40.6 Å². The zero-order chi connectivity index (χ0) is 24.5. The first-order chi connectivity index (χ1) is 16.0. The van der Waals surface area contributed by atoms with Gasteiger partial charge >= 0.3 is 6.03 Å². The smallest absolute Gasteiger partial charge is 0.322 e. The Morgan fingerprint density at radius 3 is 2.65 bits per heavy atom. The molecule has 0 saturated heterocycles. The minimum absolute atomic E-state index is 0.0525. The highest BCUT2D eigenvalue weighted by Crippen LogP contribution is 2.23. The molecule has 0 spiro atoms. The van der Waals surface area contributed by atoms with Gasteiger partial charge in [0.1, 0.15) is 4.90 Å². The van der Waals surface area contributed by atoms with Gasteiger partial charge in [-0.1, -0.05) is 0 Å². The highest BCUT2D eigenvalue weighted by molar-refractivity contribution is 7.89. The van der Waals surface area contributed by atoms with Gasteiger partial charge in [0.05, 0.1) is 6.54 Å². The third-order valence-corrected chi connectivity index (χ3v) is 6.05. The topological polar surface area (TPSA) is 169 Å². The lowest BCUT2D eigenvalue weighted by molar-refractivity contribution is 0.250. The zero-order valence-electron chi connectivity index (χ0n) is 18.9. The minimum Gasteiger partial charge on any atom is -0.424 e. The summed E-state index contributed by atoms with van der Waals surface area (Å²) in [5, 5.41) is 16.8. The van der Waals surface area contributed by atoms with Crippen LogP contribution in [0.3, 0.4) is 0 Å². The summed E-state index contributed by atoms with van der Waals surface area (Å²) in [7, 11) is -3.74. The van der Waals surface area contributed by atoms with E-state index < -0.39 is 21.6 Å². The molecular formula is C20H23N9O4S. The average Bonchev–Trinajstić information content (AvgIpc) is 3.35. The van der Waals surface area contributed by atoms with Crippen molar-refractivity contribution < 1.29 is 17.6 Å². The molecule has 4 heterocycles. The number of carbonyl (C=O) groups excluding carboxylic acids is 1. The molecule has 178 valence electrons. The summed E-state index contributed by atoms with van der Waals surface area (Å²) in [6, 6.07) is 4.45. The lowest BCUT2D eigenvalue weighted by atomic mass is 10.1. The number of urea groups is 1. The Morgan fingerprint density at radius 1 is 1.15 bits per heavy atom. The van der Waals surface area contributed by atoms with E-state index in [4.69, 9.17) is 4.42 Å². The number of hydrogen-bond donors (Lipinski definition) is 3. The standard InChI is InChI=1S/C20H23N9O4S/c1-12-25-26-17(33-12)11-22-19(30)24-18-23-16-8-13(5-6-29(16)27-18)14-7-15(10-21-9-14)34(31,32)28-20(2,3)4/h5-10,28H,11H2,1-4H3,(H2,22,24,27,30). The van der Waals surface area contributed by atoms with Crippen molar-refractivity contribution in [2.75, 3.05) is 5.32 Å². The van der Waals surface area contributed by atoms with Crippen LogP contribution in [0.5, 0.6) is 0 Å². The fourth-order valence-corrected chi connectivity index (χ4v) is 4.42. The van der Waals surface area contributed by atoms with Crippen molar-refractivity contribution in [2.24, 2.45) is 0 Å². The first-order valence-electron chi connectivity index (χ1n) is 10.2. The SMILES string of the molecule is Cc1nnc(CNC(=O)Nc2nc3cc(-c4cncc(S(=O)(=O)NC(C)(C)C)c4)ccn3n2)o1. The highest BCUT2D eigenvalue weighted by atomic mass is 32.2. The molecule has 13 nitrogen and oxygen atoms in total. The first-order valence-corrected chi connectivity index (χ1v) is 11.7. The monoisotopic (exact) mass is 485 g/mol. The maximum absolute atomic E-state index is 12.7. The number of nitrogens with zero attached hydrogens (tertiary/aromatic N) is 6. The Bertz CT molecular complexity index is 1450. The lowest BCUT2D eigenvalue weighted by Crippen LogP contribution is -2.40. The number of aryl methyl sites for hydroxylation is 1. The number of hydrogen-bond acceptors (Lipinski definition) is 9. The third kappa shape index (κ3) is 5.52. The maximum Gasteiger partial charge on any atom is 0.322 e. The molecule has 0 radical (unpaired) electrons. The summed E-state index contributed by atoms with van der Waals surface area (Å²) in [5.41, 5.74) is 1.09. The normalized spacial score (nSPS) is 12.1. The van der Waals surface area contributed by atoms with Gasteiger partial charge in [0.2, 0.25) is 21.8 Å². The molecule has 0 fully saturated rings. The predicted octanol–water partition coefficient (Wildman–Crippen LogP) is 1.88. The van der Waals surface area contributed by atoms with Crippen molar-refractivity contribution in [1.29, 1.82) is 0 Å². The van der Waals surface area contributed by atoms with Crippen LogP contribution in [0.15, 0.2) is 46.1 Å². The number of anilines is 1. The minimum atomic E-state index is -3.74. The van der Waals surface area contributed by atoms with Gasteiger partial charge in [0.25, 0.3) is 5.95 Å². The summed E-state index contributed by atoms with van der Waals surface area (Å²) >= 11 is 0. The molecule has 3 N–H and O–H groups in total. The third-order valence-electron chi connectivity index (χ3n) is 4.33. The van der Waals surface area contributed by atoms with E-state index in [9.17, 15) is 13.2 Å². The number of fused-ring (bicyclic) bond motifs is 1. The molecule has 0 unspecified atom stereocenters. The van der Waals surface area contributed by atoms with Gasteiger partial charge in [-0.3, -0.25) is 10.3 Å². The molecule has 4 rings (SSSR count). The predicted molar refractivity (Wildman–Crippen MR) is 121 cm³/mol. The molecule has 2 amide bonds. The zero-order valence-corrected chi connectivity index (χ0v) is 19.7. The maximum atomic E-state index is 12.7. The number of pyridine rings is 2. The van der Waals surface area contributed by atoms with E-state index in [1.165, 1.54) is 16.8 Å². The number of amides is 2. The molecule has 0 aliphatic heterocycles. The molecule has 0 saturated carbocycles.